The smallest absolute Gasteiger partial charge is 0.220 e. The summed E-state index contributed by atoms with van der Waals surface area (Å²) in [5, 5.41) is 3.21. The number of rotatable bonds is 4. The summed E-state index contributed by atoms with van der Waals surface area (Å²) in [4.78, 5) is 11.5. The molecule has 2 heteroatoms. The lowest BCUT2D eigenvalue weighted by atomic mass is 9.82. The minimum absolute atomic E-state index is 0.00734. The van der Waals surface area contributed by atoms with Crippen LogP contribution in [-0.2, 0) is 11.2 Å². The Labute approximate surface area is 103 Å². The predicted molar refractivity (Wildman–Crippen MR) is 69.7 cm³/mol. The molecule has 1 fully saturated rings. The van der Waals surface area contributed by atoms with E-state index in [-0.39, 0.29) is 11.4 Å². The standard InChI is InChI=1S/C15H21NO/c1-12(2)10-15(9-8-14(17)16-15)11-13-6-4-3-5-7-13/h3-7,12H,8-11H2,1-2H3,(H,16,17). The molecule has 1 aromatic rings. The van der Waals surface area contributed by atoms with Gasteiger partial charge in [0.25, 0.3) is 0 Å². The van der Waals surface area contributed by atoms with Crippen molar-refractivity contribution in [1.29, 1.82) is 0 Å². The average Bonchev–Trinajstić information content (AvgIpc) is 2.60. The highest BCUT2D eigenvalue weighted by Gasteiger charge is 2.37. The van der Waals surface area contributed by atoms with Gasteiger partial charge in [-0.25, -0.2) is 0 Å². The molecule has 17 heavy (non-hydrogen) atoms. The average molecular weight is 231 g/mol. The Balaban J connectivity index is 2.14. The summed E-state index contributed by atoms with van der Waals surface area (Å²) in [5.74, 6) is 0.818. The van der Waals surface area contributed by atoms with Crippen molar-refractivity contribution in [2.75, 3.05) is 0 Å². The zero-order valence-electron chi connectivity index (χ0n) is 10.7. The zero-order valence-corrected chi connectivity index (χ0v) is 10.7. The molecule has 0 spiro atoms. The fraction of sp³-hybridized carbons (Fsp3) is 0.533. The van der Waals surface area contributed by atoms with E-state index >= 15 is 0 Å². The van der Waals surface area contributed by atoms with Crippen molar-refractivity contribution in [2.45, 2.75) is 45.1 Å². The van der Waals surface area contributed by atoms with Crippen LogP contribution in [0.15, 0.2) is 30.3 Å². The van der Waals surface area contributed by atoms with E-state index in [0.29, 0.717) is 12.3 Å². The normalized spacial score (nSPS) is 24.1. The predicted octanol–water partition coefficient (Wildman–Crippen LogP) is 2.92. The number of amides is 1. The van der Waals surface area contributed by atoms with E-state index < -0.39 is 0 Å². The molecular weight excluding hydrogens is 210 g/mol. The highest BCUT2D eigenvalue weighted by atomic mass is 16.2. The van der Waals surface area contributed by atoms with E-state index in [9.17, 15) is 4.79 Å². The SMILES string of the molecule is CC(C)CC1(Cc2ccccc2)CCC(=O)N1. The van der Waals surface area contributed by atoms with Gasteiger partial charge in [-0.05, 0) is 30.7 Å². The lowest BCUT2D eigenvalue weighted by molar-refractivity contribution is -0.119. The first kappa shape index (κ1) is 12.2. The molecule has 0 bridgehead atoms. The quantitative estimate of drug-likeness (QED) is 0.848. The number of nitrogens with one attached hydrogen (secondary N) is 1. The van der Waals surface area contributed by atoms with E-state index in [4.69, 9.17) is 0 Å². The molecule has 1 aliphatic heterocycles. The van der Waals surface area contributed by atoms with Gasteiger partial charge in [0.1, 0.15) is 0 Å². The second kappa shape index (κ2) is 4.91. The van der Waals surface area contributed by atoms with Gasteiger partial charge in [-0.3, -0.25) is 4.79 Å². The van der Waals surface area contributed by atoms with E-state index in [0.717, 1.165) is 19.3 Å². The summed E-state index contributed by atoms with van der Waals surface area (Å²) in [5.41, 5.74) is 1.31. The summed E-state index contributed by atoms with van der Waals surface area (Å²) in [7, 11) is 0. The first-order valence-electron chi connectivity index (χ1n) is 6.45. The monoisotopic (exact) mass is 231 g/mol. The first-order valence-corrected chi connectivity index (χ1v) is 6.45. The molecule has 1 unspecified atom stereocenters. The van der Waals surface area contributed by atoms with Crippen LogP contribution in [0.1, 0.15) is 38.7 Å². The second-order valence-corrected chi connectivity index (χ2v) is 5.59. The largest absolute Gasteiger partial charge is 0.350 e. The van der Waals surface area contributed by atoms with Gasteiger partial charge in [0, 0.05) is 12.0 Å². The van der Waals surface area contributed by atoms with Crippen LogP contribution in [0.3, 0.4) is 0 Å². The van der Waals surface area contributed by atoms with Crippen molar-refractivity contribution in [3.63, 3.8) is 0 Å². The Morgan fingerprint density at radius 2 is 2.00 bits per heavy atom. The molecular formula is C15H21NO. The Hall–Kier alpha value is -1.31. The Morgan fingerprint density at radius 1 is 1.29 bits per heavy atom. The van der Waals surface area contributed by atoms with Crippen LogP contribution in [0, 0.1) is 5.92 Å². The van der Waals surface area contributed by atoms with Gasteiger partial charge in [0.15, 0.2) is 0 Å². The second-order valence-electron chi connectivity index (χ2n) is 5.59. The summed E-state index contributed by atoms with van der Waals surface area (Å²) in [6.45, 7) is 4.44. The summed E-state index contributed by atoms with van der Waals surface area (Å²) < 4.78 is 0. The van der Waals surface area contributed by atoms with E-state index in [1.165, 1.54) is 5.56 Å². The number of carbonyl (C=O) groups excluding carboxylic acids is 1. The summed E-state index contributed by atoms with van der Waals surface area (Å²) >= 11 is 0. The Kier molecular flexibility index (Phi) is 3.51. The van der Waals surface area contributed by atoms with E-state index in [2.05, 4.69) is 43.4 Å². The van der Waals surface area contributed by atoms with Crippen molar-refractivity contribution in [3.05, 3.63) is 35.9 Å². The maximum Gasteiger partial charge on any atom is 0.220 e. The first-order chi connectivity index (χ1) is 8.10. The molecule has 0 aliphatic carbocycles. The molecule has 1 atom stereocenters. The molecule has 0 radical (unpaired) electrons. The highest BCUT2D eigenvalue weighted by Crippen LogP contribution is 2.31. The molecule has 0 aromatic heterocycles. The number of hydrogen-bond acceptors (Lipinski definition) is 1. The zero-order chi connectivity index (χ0) is 12.3. The minimum Gasteiger partial charge on any atom is -0.350 e. The highest BCUT2D eigenvalue weighted by molar-refractivity contribution is 5.79. The van der Waals surface area contributed by atoms with Gasteiger partial charge in [-0.2, -0.15) is 0 Å². The molecule has 1 heterocycles. The van der Waals surface area contributed by atoms with E-state index in [1.807, 2.05) is 6.07 Å². The van der Waals surface area contributed by atoms with Crippen LogP contribution in [-0.4, -0.2) is 11.4 Å². The van der Waals surface area contributed by atoms with Gasteiger partial charge >= 0.3 is 0 Å². The summed E-state index contributed by atoms with van der Waals surface area (Å²) in [6.07, 6.45) is 3.67. The number of carbonyl (C=O) groups is 1. The van der Waals surface area contributed by atoms with Crippen molar-refractivity contribution < 1.29 is 4.79 Å². The summed E-state index contributed by atoms with van der Waals surface area (Å²) in [6, 6.07) is 10.5. The lowest BCUT2D eigenvalue weighted by Crippen LogP contribution is -2.44. The lowest BCUT2D eigenvalue weighted by Gasteiger charge is -2.31. The van der Waals surface area contributed by atoms with Gasteiger partial charge in [-0.15, -0.1) is 0 Å². The molecule has 1 amide bonds. The van der Waals surface area contributed by atoms with Gasteiger partial charge in [0.2, 0.25) is 5.91 Å². The Bertz CT molecular complexity index is 385. The third-order valence-corrected chi connectivity index (χ3v) is 3.42. The van der Waals surface area contributed by atoms with Crippen LogP contribution in [0.4, 0.5) is 0 Å². The van der Waals surface area contributed by atoms with Crippen molar-refractivity contribution >= 4 is 5.91 Å². The molecule has 1 aliphatic rings. The molecule has 1 N–H and O–H groups in total. The number of hydrogen-bond donors (Lipinski definition) is 1. The van der Waals surface area contributed by atoms with Crippen LogP contribution < -0.4 is 5.32 Å². The fourth-order valence-electron chi connectivity index (χ4n) is 2.90. The minimum atomic E-state index is -0.00734. The van der Waals surface area contributed by atoms with Crippen molar-refractivity contribution in [1.82, 2.24) is 5.32 Å². The van der Waals surface area contributed by atoms with Gasteiger partial charge < -0.3 is 5.32 Å². The molecule has 1 aromatic carbocycles. The van der Waals surface area contributed by atoms with Crippen molar-refractivity contribution in [3.8, 4) is 0 Å². The maximum absolute atomic E-state index is 11.5. The van der Waals surface area contributed by atoms with E-state index in [1.54, 1.807) is 0 Å². The van der Waals surface area contributed by atoms with Crippen LogP contribution >= 0.6 is 0 Å². The topological polar surface area (TPSA) is 29.1 Å². The Morgan fingerprint density at radius 3 is 2.53 bits per heavy atom. The molecule has 2 rings (SSSR count). The third-order valence-electron chi connectivity index (χ3n) is 3.42. The molecule has 2 nitrogen and oxygen atoms in total. The maximum atomic E-state index is 11.5. The van der Waals surface area contributed by atoms with Crippen LogP contribution in [0.5, 0.6) is 0 Å². The van der Waals surface area contributed by atoms with Crippen molar-refractivity contribution in [2.24, 2.45) is 5.92 Å². The third kappa shape index (κ3) is 3.09. The van der Waals surface area contributed by atoms with Crippen LogP contribution in [0.25, 0.3) is 0 Å². The molecule has 92 valence electrons. The van der Waals surface area contributed by atoms with Gasteiger partial charge in [0.05, 0.1) is 0 Å². The molecule has 1 saturated heterocycles. The number of benzene rings is 1. The molecule has 0 saturated carbocycles. The van der Waals surface area contributed by atoms with Gasteiger partial charge in [-0.1, -0.05) is 44.2 Å². The van der Waals surface area contributed by atoms with Crippen LogP contribution in [0.2, 0.25) is 0 Å². The fourth-order valence-corrected chi connectivity index (χ4v) is 2.90.